The number of H-pyrrole nitrogens is 1. The average molecular weight is 462 g/mol. The Morgan fingerprint density at radius 3 is 2.70 bits per heavy atom. The lowest BCUT2D eigenvalue weighted by molar-refractivity contribution is 0.0669. The molecule has 2 aromatic carbocycles. The lowest BCUT2D eigenvalue weighted by Crippen LogP contribution is -2.46. The van der Waals surface area contributed by atoms with E-state index in [0.717, 1.165) is 76.7 Å². The number of fused-ring (bicyclic) bond motifs is 2. The smallest absolute Gasteiger partial charge is 0.264 e. The number of amides is 1. The Balaban J connectivity index is 1.42. The summed E-state index contributed by atoms with van der Waals surface area (Å²) in [6.07, 6.45) is 1.04. The molecule has 4 aromatic rings. The van der Waals surface area contributed by atoms with Crippen molar-refractivity contribution in [3.05, 3.63) is 59.2 Å². The van der Waals surface area contributed by atoms with Gasteiger partial charge in [-0.1, -0.05) is 19.1 Å². The monoisotopic (exact) mass is 461 g/mol. The second kappa shape index (κ2) is 9.15. The fourth-order valence-electron chi connectivity index (χ4n) is 4.59. The van der Waals surface area contributed by atoms with E-state index in [4.69, 9.17) is 4.98 Å². The normalized spacial score (nSPS) is 15.9. The number of carbonyl (C=O) groups is 1. The highest BCUT2D eigenvalue weighted by Crippen LogP contribution is 2.33. The van der Waals surface area contributed by atoms with E-state index in [-0.39, 0.29) is 11.9 Å². The Kier molecular flexibility index (Phi) is 6.08. The molecular formula is C26H31N5OS. The highest BCUT2D eigenvalue weighted by Gasteiger charge is 2.23. The van der Waals surface area contributed by atoms with E-state index in [0.29, 0.717) is 0 Å². The summed E-state index contributed by atoms with van der Waals surface area (Å²) in [5, 5.41) is 1.13. The van der Waals surface area contributed by atoms with Gasteiger partial charge in [0, 0.05) is 43.1 Å². The third kappa shape index (κ3) is 4.35. The summed E-state index contributed by atoms with van der Waals surface area (Å²) in [5.74, 6) is 1.13. The molecule has 1 aliphatic rings. The van der Waals surface area contributed by atoms with Crippen molar-refractivity contribution in [2.75, 3.05) is 44.7 Å². The van der Waals surface area contributed by atoms with Crippen LogP contribution >= 0.6 is 11.3 Å². The van der Waals surface area contributed by atoms with Crippen molar-refractivity contribution in [1.82, 2.24) is 19.8 Å². The van der Waals surface area contributed by atoms with E-state index in [1.807, 2.05) is 23.1 Å². The van der Waals surface area contributed by atoms with Gasteiger partial charge in [0.05, 0.1) is 22.0 Å². The minimum absolute atomic E-state index is 0.111. The summed E-state index contributed by atoms with van der Waals surface area (Å²) < 4.78 is 1.16. The van der Waals surface area contributed by atoms with Crippen LogP contribution in [0.2, 0.25) is 0 Å². The number of hydrogen-bond donors (Lipinski definition) is 1. The molecule has 0 spiro atoms. The molecule has 0 radical (unpaired) electrons. The zero-order chi connectivity index (χ0) is 22.9. The van der Waals surface area contributed by atoms with Crippen molar-refractivity contribution >= 4 is 44.1 Å². The third-order valence-corrected chi connectivity index (χ3v) is 7.67. The van der Waals surface area contributed by atoms with Gasteiger partial charge in [0.2, 0.25) is 0 Å². The van der Waals surface area contributed by atoms with Crippen LogP contribution in [0.4, 0.5) is 5.69 Å². The van der Waals surface area contributed by atoms with Crippen LogP contribution in [0.5, 0.6) is 0 Å². The van der Waals surface area contributed by atoms with Crippen molar-refractivity contribution < 1.29 is 4.79 Å². The largest absolute Gasteiger partial charge is 0.362 e. The Morgan fingerprint density at radius 1 is 1.15 bits per heavy atom. The molecule has 0 saturated carbocycles. The zero-order valence-corrected chi connectivity index (χ0v) is 20.4. The quantitative estimate of drug-likeness (QED) is 0.432. The summed E-state index contributed by atoms with van der Waals surface area (Å²) in [6.45, 7) is 8.81. The van der Waals surface area contributed by atoms with Gasteiger partial charge in [-0.25, -0.2) is 4.98 Å². The van der Waals surface area contributed by atoms with Gasteiger partial charge in [0.25, 0.3) is 5.91 Å². The van der Waals surface area contributed by atoms with E-state index >= 15 is 0 Å². The molecule has 7 heteroatoms. The van der Waals surface area contributed by atoms with Gasteiger partial charge in [0.15, 0.2) is 0 Å². The predicted octanol–water partition coefficient (Wildman–Crippen LogP) is 5.14. The van der Waals surface area contributed by atoms with Gasteiger partial charge >= 0.3 is 0 Å². The van der Waals surface area contributed by atoms with E-state index in [1.54, 1.807) is 11.3 Å². The number of imidazole rings is 1. The Hall–Kier alpha value is -2.90. The third-order valence-electron chi connectivity index (χ3n) is 6.57. The maximum absolute atomic E-state index is 13.1. The molecule has 172 valence electrons. The first-order valence-electron chi connectivity index (χ1n) is 11.8. The number of aromatic amines is 1. The summed E-state index contributed by atoms with van der Waals surface area (Å²) in [6, 6.07) is 16.9. The van der Waals surface area contributed by atoms with Crippen LogP contribution < -0.4 is 4.90 Å². The average Bonchev–Trinajstić information content (AvgIpc) is 3.46. The molecule has 1 aliphatic heterocycles. The van der Waals surface area contributed by atoms with Crippen molar-refractivity contribution in [1.29, 1.82) is 0 Å². The maximum atomic E-state index is 13.1. The maximum Gasteiger partial charge on any atom is 0.264 e. The van der Waals surface area contributed by atoms with Gasteiger partial charge in [-0.05, 0) is 62.2 Å². The molecule has 1 unspecified atom stereocenters. The van der Waals surface area contributed by atoms with Crippen molar-refractivity contribution in [2.24, 2.45) is 0 Å². The minimum Gasteiger partial charge on any atom is -0.362 e. The molecule has 0 aliphatic carbocycles. The van der Waals surface area contributed by atoms with E-state index < -0.39 is 0 Å². The number of piperazine rings is 1. The van der Waals surface area contributed by atoms with Gasteiger partial charge < -0.3 is 19.7 Å². The summed E-state index contributed by atoms with van der Waals surface area (Å²) in [4.78, 5) is 28.9. The van der Waals surface area contributed by atoms with Crippen LogP contribution in [0.3, 0.4) is 0 Å². The zero-order valence-electron chi connectivity index (χ0n) is 19.5. The first-order chi connectivity index (χ1) is 16.0. The number of benzene rings is 2. The van der Waals surface area contributed by atoms with Crippen LogP contribution in [-0.2, 0) is 0 Å². The number of carbonyl (C=O) groups excluding carboxylic acids is 1. The molecule has 2 aromatic heterocycles. The van der Waals surface area contributed by atoms with Crippen LogP contribution in [0.1, 0.15) is 41.8 Å². The highest BCUT2D eigenvalue weighted by molar-refractivity contribution is 7.20. The fraction of sp³-hybridized carbons (Fsp3) is 0.385. The number of likely N-dealkylation sites (N-methyl/N-ethyl adjacent to an activating group) is 1. The Morgan fingerprint density at radius 2 is 1.94 bits per heavy atom. The SMILES string of the molecule is CCCN(c1ccc2sc(C(=O)N3CCN(C)CC3)cc2c1)C(C)c1nc2ccccc2[nH]1. The van der Waals surface area contributed by atoms with Crippen LogP contribution in [-0.4, -0.2) is 65.4 Å². The fourth-order valence-corrected chi connectivity index (χ4v) is 5.60. The number of nitrogens with one attached hydrogen (secondary N) is 1. The van der Waals surface area contributed by atoms with Crippen LogP contribution in [0.15, 0.2) is 48.5 Å². The second-order valence-corrected chi connectivity index (χ2v) is 10.0. The lowest BCUT2D eigenvalue weighted by Gasteiger charge is -2.32. The Bertz CT molecular complexity index is 1240. The molecule has 1 amide bonds. The first kappa shape index (κ1) is 21.9. The number of para-hydroxylation sites is 2. The van der Waals surface area contributed by atoms with E-state index in [2.05, 4.69) is 66.0 Å². The number of anilines is 1. The molecule has 6 nitrogen and oxygen atoms in total. The second-order valence-electron chi connectivity index (χ2n) is 8.94. The molecule has 5 rings (SSSR count). The number of thiophene rings is 1. The summed E-state index contributed by atoms with van der Waals surface area (Å²) in [7, 11) is 2.11. The van der Waals surface area contributed by atoms with Gasteiger partial charge in [0.1, 0.15) is 5.82 Å². The first-order valence-corrected chi connectivity index (χ1v) is 12.6. The van der Waals surface area contributed by atoms with E-state index in [9.17, 15) is 4.79 Å². The van der Waals surface area contributed by atoms with Crippen LogP contribution in [0.25, 0.3) is 21.1 Å². The molecule has 0 bridgehead atoms. The number of hydrogen-bond acceptors (Lipinski definition) is 5. The number of rotatable bonds is 6. The standard InChI is InChI=1S/C26H31N5OS/c1-4-11-31(18(2)25-27-21-7-5-6-8-22(21)28-25)20-9-10-23-19(16-20)17-24(33-23)26(32)30-14-12-29(3)13-15-30/h5-10,16-18H,4,11-15H2,1-3H3,(H,27,28). The molecule has 1 fully saturated rings. The number of aromatic nitrogens is 2. The molecule has 3 heterocycles. The van der Waals surface area contributed by atoms with Gasteiger partial charge in [-0.2, -0.15) is 0 Å². The van der Waals surface area contributed by atoms with Crippen LogP contribution in [0, 0.1) is 0 Å². The van der Waals surface area contributed by atoms with E-state index in [1.165, 1.54) is 0 Å². The predicted molar refractivity (Wildman–Crippen MR) is 137 cm³/mol. The van der Waals surface area contributed by atoms with Gasteiger partial charge in [-0.3, -0.25) is 4.79 Å². The molecular weight excluding hydrogens is 430 g/mol. The van der Waals surface area contributed by atoms with Crippen molar-refractivity contribution in [3.63, 3.8) is 0 Å². The molecule has 1 atom stereocenters. The summed E-state index contributed by atoms with van der Waals surface area (Å²) in [5.41, 5.74) is 3.22. The summed E-state index contributed by atoms with van der Waals surface area (Å²) >= 11 is 1.60. The number of nitrogens with zero attached hydrogens (tertiary/aromatic N) is 4. The molecule has 33 heavy (non-hydrogen) atoms. The van der Waals surface area contributed by atoms with Crippen molar-refractivity contribution in [2.45, 2.75) is 26.3 Å². The topological polar surface area (TPSA) is 55.5 Å². The van der Waals surface area contributed by atoms with Crippen molar-refractivity contribution in [3.8, 4) is 0 Å². The minimum atomic E-state index is 0.111. The van der Waals surface area contributed by atoms with Gasteiger partial charge in [-0.15, -0.1) is 11.3 Å². The molecule has 1 N–H and O–H groups in total. The lowest BCUT2D eigenvalue weighted by atomic mass is 10.1. The molecule has 1 saturated heterocycles. The highest BCUT2D eigenvalue weighted by atomic mass is 32.1. The Labute approximate surface area is 198 Å².